The molecule has 0 unspecified atom stereocenters. The summed E-state index contributed by atoms with van der Waals surface area (Å²) in [7, 11) is 0. The maximum Gasteiger partial charge on any atom is 0.226 e. The van der Waals surface area contributed by atoms with Crippen LogP contribution in [0.3, 0.4) is 0 Å². The molecule has 1 fully saturated rings. The van der Waals surface area contributed by atoms with Gasteiger partial charge in [-0.25, -0.2) is 0 Å². The van der Waals surface area contributed by atoms with Crippen LogP contribution in [0.5, 0.6) is 0 Å². The minimum atomic E-state index is -0.280. The fraction of sp³-hybridized carbons (Fsp3) is 0.429. The highest BCUT2D eigenvalue weighted by molar-refractivity contribution is 5.78. The largest absolute Gasteiger partial charge is 0.393 e. The molecule has 1 saturated heterocycles. The van der Waals surface area contributed by atoms with Crippen LogP contribution < -0.4 is 0 Å². The van der Waals surface area contributed by atoms with Crippen molar-refractivity contribution in [1.82, 2.24) is 9.88 Å². The molecule has 1 N–H and O–H groups in total. The Morgan fingerprint density at radius 3 is 2.44 bits per heavy atom. The molecule has 1 amide bonds. The van der Waals surface area contributed by atoms with Gasteiger partial charge in [0.1, 0.15) is 0 Å². The van der Waals surface area contributed by atoms with E-state index >= 15 is 0 Å². The first kappa shape index (κ1) is 17.6. The monoisotopic (exact) mass is 338 g/mol. The topological polar surface area (TPSA) is 53.4 Å². The molecule has 132 valence electrons. The zero-order valence-corrected chi connectivity index (χ0v) is 14.6. The van der Waals surface area contributed by atoms with Gasteiger partial charge in [-0.15, -0.1) is 0 Å². The van der Waals surface area contributed by atoms with E-state index in [-0.39, 0.29) is 12.0 Å². The van der Waals surface area contributed by atoms with Crippen molar-refractivity contribution in [2.75, 3.05) is 13.1 Å². The number of aliphatic hydroxyl groups excluding tert-OH is 1. The van der Waals surface area contributed by atoms with E-state index in [9.17, 15) is 9.90 Å². The molecule has 0 spiro atoms. The number of hydrogen-bond acceptors (Lipinski definition) is 3. The Morgan fingerprint density at radius 1 is 1.08 bits per heavy atom. The summed E-state index contributed by atoms with van der Waals surface area (Å²) in [6.45, 7) is 1.49. The molecule has 3 rings (SSSR count). The van der Waals surface area contributed by atoms with Crippen molar-refractivity contribution in [2.24, 2.45) is 5.92 Å². The highest BCUT2D eigenvalue weighted by Crippen LogP contribution is 2.24. The minimum Gasteiger partial charge on any atom is -0.393 e. The van der Waals surface area contributed by atoms with E-state index in [1.807, 2.05) is 35.2 Å². The number of pyridine rings is 1. The van der Waals surface area contributed by atoms with Crippen molar-refractivity contribution in [2.45, 2.75) is 38.2 Å². The number of rotatable bonds is 6. The first-order valence-corrected chi connectivity index (χ1v) is 9.11. The summed E-state index contributed by atoms with van der Waals surface area (Å²) in [5.41, 5.74) is 2.27. The Hall–Kier alpha value is -2.20. The number of amides is 1. The molecule has 25 heavy (non-hydrogen) atoms. The first-order chi connectivity index (χ1) is 12.2. The van der Waals surface area contributed by atoms with E-state index in [1.165, 1.54) is 5.56 Å². The van der Waals surface area contributed by atoms with Crippen molar-refractivity contribution < 1.29 is 9.90 Å². The van der Waals surface area contributed by atoms with Crippen molar-refractivity contribution in [3.63, 3.8) is 0 Å². The lowest BCUT2D eigenvalue weighted by atomic mass is 9.88. The number of carbonyl (C=O) groups excluding carboxylic acids is 1. The Labute approximate surface area is 149 Å². The SMILES string of the molecule is O=C(Cc1ccncc1)N1CCC([C@H](O)CCc2ccccc2)CC1. The molecule has 1 atom stereocenters. The summed E-state index contributed by atoms with van der Waals surface area (Å²) in [4.78, 5) is 18.3. The molecular weight excluding hydrogens is 312 g/mol. The molecule has 2 aromatic rings. The Bertz CT molecular complexity index is 652. The zero-order chi connectivity index (χ0) is 17.5. The Balaban J connectivity index is 1.42. The van der Waals surface area contributed by atoms with Crippen molar-refractivity contribution in [3.05, 3.63) is 66.0 Å². The van der Waals surface area contributed by atoms with Crippen LogP contribution >= 0.6 is 0 Å². The number of aromatic nitrogens is 1. The number of hydrogen-bond donors (Lipinski definition) is 1. The average molecular weight is 338 g/mol. The van der Waals surface area contributed by atoms with Crippen molar-refractivity contribution >= 4 is 5.91 Å². The van der Waals surface area contributed by atoms with Gasteiger partial charge >= 0.3 is 0 Å². The highest BCUT2D eigenvalue weighted by Gasteiger charge is 2.27. The van der Waals surface area contributed by atoms with Gasteiger partial charge in [-0.2, -0.15) is 0 Å². The van der Waals surface area contributed by atoms with E-state index in [1.54, 1.807) is 12.4 Å². The average Bonchev–Trinajstić information content (AvgIpc) is 2.68. The van der Waals surface area contributed by atoms with Crippen LogP contribution in [0.4, 0.5) is 0 Å². The second-order valence-corrected chi connectivity index (χ2v) is 6.84. The molecule has 0 bridgehead atoms. The molecular formula is C21H26N2O2. The fourth-order valence-electron chi connectivity index (χ4n) is 3.52. The summed E-state index contributed by atoms with van der Waals surface area (Å²) < 4.78 is 0. The summed E-state index contributed by atoms with van der Waals surface area (Å²) >= 11 is 0. The molecule has 2 heterocycles. The molecule has 1 aliphatic rings. The maximum atomic E-state index is 12.4. The Kier molecular flexibility index (Phi) is 6.18. The number of piperidine rings is 1. The number of benzene rings is 1. The first-order valence-electron chi connectivity index (χ1n) is 9.11. The van der Waals surface area contributed by atoms with Crippen LogP contribution in [0.1, 0.15) is 30.4 Å². The van der Waals surface area contributed by atoms with E-state index in [0.29, 0.717) is 12.3 Å². The van der Waals surface area contributed by atoms with Crippen LogP contribution in [0.15, 0.2) is 54.9 Å². The van der Waals surface area contributed by atoms with Crippen LogP contribution in [0.2, 0.25) is 0 Å². The molecule has 4 nitrogen and oxygen atoms in total. The van der Waals surface area contributed by atoms with Crippen LogP contribution in [-0.2, 0) is 17.6 Å². The fourth-order valence-corrected chi connectivity index (χ4v) is 3.52. The Morgan fingerprint density at radius 2 is 1.76 bits per heavy atom. The summed E-state index contributed by atoms with van der Waals surface area (Å²) in [6.07, 6.45) is 7.07. The quantitative estimate of drug-likeness (QED) is 0.881. The van der Waals surface area contributed by atoms with Gasteiger partial charge in [-0.3, -0.25) is 9.78 Å². The van der Waals surface area contributed by atoms with Crippen LogP contribution in [-0.4, -0.2) is 40.1 Å². The highest BCUT2D eigenvalue weighted by atomic mass is 16.3. The molecule has 0 saturated carbocycles. The predicted octanol–water partition coefficient (Wildman–Crippen LogP) is 2.86. The van der Waals surface area contributed by atoms with E-state index in [0.717, 1.165) is 44.3 Å². The van der Waals surface area contributed by atoms with Crippen molar-refractivity contribution in [1.29, 1.82) is 0 Å². The van der Waals surface area contributed by atoms with Gasteiger partial charge in [-0.05, 0) is 54.9 Å². The molecule has 4 heteroatoms. The lowest BCUT2D eigenvalue weighted by Gasteiger charge is -2.34. The molecule has 0 radical (unpaired) electrons. The summed E-state index contributed by atoms with van der Waals surface area (Å²) in [5, 5.41) is 10.5. The molecule has 0 aliphatic carbocycles. The molecule has 1 aromatic carbocycles. The van der Waals surface area contributed by atoms with Gasteiger partial charge in [-0.1, -0.05) is 30.3 Å². The number of likely N-dealkylation sites (tertiary alicyclic amines) is 1. The smallest absolute Gasteiger partial charge is 0.226 e. The van der Waals surface area contributed by atoms with Gasteiger partial charge in [0.25, 0.3) is 0 Å². The van der Waals surface area contributed by atoms with Gasteiger partial charge in [0, 0.05) is 25.5 Å². The predicted molar refractivity (Wildman–Crippen MR) is 98.0 cm³/mol. The number of carbonyl (C=O) groups is 1. The lowest BCUT2D eigenvalue weighted by Crippen LogP contribution is -2.42. The second-order valence-electron chi connectivity index (χ2n) is 6.84. The minimum absolute atomic E-state index is 0.170. The third-order valence-corrected chi connectivity index (χ3v) is 5.11. The third kappa shape index (κ3) is 5.13. The summed E-state index contributed by atoms with van der Waals surface area (Å²) in [5.74, 6) is 0.470. The number of nitrogens with zero attached hydrogens (tertiary/aromatic N) is 2. The molecule has 1 aliphatic heterocycles. The summed E-state index contributed by atoms with van der Waals surface area (Å²) in [6, 6.07) is 14.1. The second kappa shape index (κ2) is 8.77. The lowest BCUT2D eigenvalue weighted by molar-refractivity contribution is -0.132. The number of aliphatic hydroxyl groups is 1. The van der Waals surface area contributed by atoms with Crippen LogP contribution in [0, 0.1) is 5.92 Å². The van der Waals surface area contributed by atoms with Crippen molar-refractivity contribution in [3.8, 4) is 0 Å². The standard InChI is InChI=1S/C21H26N2O2/c24-20(7-6-17-4-2-1-3-5-17)19-10-14-23(15-11-19)21(25)16-18-8-12-22-13-9-18/h1-5,8-9,12-13,19-20,24H,6-7,10-11,14-16H2/t20-/m1/s1. The zero-order valence-electron chi connectivity index (χ0n) is 14.6. The van der Waals surface area contributed by atoms with Gasteiger partial charge in [0.2, 0.25) is 5.91 Å². The van der Waals surface area contributed by atoms with E-state index in [2.05, 4.69) is 17.1 Å². The van der Waals surface area contributed by atoms with Gasteiger partial charge < -0.3 is 10.0 Å². The van der Waals surface area contributed by atoms with Gasteiger partial charge in [0.15, 0.2) is 0 Å². The normalized spacial score (nSPS) is 16.6. The van der Waals surface area contributed by atoms with E-state index < -0.39 is 0 Å². The number of aryl methyl sites for hydroxylation is 1. The van der Waals surface area contributed by atoms with Crippen LogP contribution in [0.25, 0.3) is 0 Å². The van der Waals surface area contributed by atoms with Gasteiger partial charge in [0.05, 0.1) is 12.5 Å². The maximum absolute atomic E-state index is 12.4. The molecule has 1 aromatic heterocycles. The third-order valence-electron chi connectivity index (χ3n) is 5.11. The van der Waals surface area contributed by atoms with E-state index in [4.69, 9.17) is 0 Å².